The van der Waals surface area contributed by atoms with Crippen molar-refractivity contribution in [3.05, 3.63) is 35.2 Å². The van der Waals surface area contributed by atoms with Gasteiger partial charge in [0.1, 0.15) is 12.3 Å². The van der Waals surface area contributed by atoms with Crippen LogP contribution in [-0.4, -0.2) is 41.3 Å². The van der Waals surface area contributed by atoms with Crippen molar-refractivity contribution >= 4 is 29.3 Å². The lowest BCUT2D eigenvalue weighted by Gasteiger charge is -2.27. The zero-order chi connectivity index (χ0) is 13.8. The Morgan fingerprint density at radius 1 is 1.47 bits per heavy atom. The summed E-state index contributed by atoms with van der Waals surface area (Å²) in [5, 5.41) is 10.7. The molecule has 0 aromatic heterocycles. The third-order valence-corrected chi connectivity index (χ3v) is 3.47. The van der Waals surface area contributed by atoms with Crippen LogP contribution in [0.1, 0.15) is 5.56 Å². The summed E-state index contributed by atoms with van der Waals surface area (Å²) in [6, 6.07) is 7.22. The molecule has 1 amide bonds. The van der Waals surface area contributed by atoms with Crippen LogP contribution >= 0.6 is 11.8 Å². The molecule has 19 heavy (non-hydrogen) atoms. The van der Waals surface area contributed by atoms with Gasteiger partial charge in [-0.25, -0.2) is 0 Å². The molecule has 0 radical (unpaired) electrons. The van der Waals surface area contributed by atoms with Gasteiger partial charge in [0.2, 0.25) is 5.91 Å². The predicted octanol–water partition coefficient (Wildman–Crippen LogP) is 1.65. The Morgan fingerprint density at radius 3 is 2.89 bits per heavy atom. The van der Waals surface area contributed by atoms with Crippen molar-refractivity contribution in [2.24, 2.45) is 0 Å². The summed E-state index contributed by atoms with van der Waals surface area (Å²) in [5.74, 6) is -0.386. The van der Waals surface area contributed by atoms with E-state index in [9.17, 15) is 9.59 Å². The molecule has 6 heteroatoms. The molecule has 0 unspecified atom stereocenters. The number of rotatable bonds is 4. The molecule has 1 aliphatic heterocycles. The molecule has 0 aliphatic carbocycles. The number of aliphatic carboxylic acids is 1. The molecule has 1 N–H and O–H groups in total. The van der Waals surface area contributed by atoms with Gasteiger partial charge in [-0.05, 0) is 17.5 Å². The first-order chi connectivity index (χ1) is 9.13. The van der Waals surface area contributed by atoms with Crippen LogP contribution in [0.5, 0.6) is 5.75 Å². The third-order valence-electron chi connectivity index (χ3n) is 2.67. The topological polar surface area (TPSA) is 66.8 Å². The van der Waals surface area contributed by atoms with Crippen molar-refractivity contribution in [1.82, 2.24) is 4.90 Å². The summed E-state index contributed by atoms with van der Waals surface area (Å²) >= 11 is 1.35. The van der Waals surface area contributed by atoms with Crippen molar-refractivity contribution in [2.45, 2.75) is 0 Å². The maximum atomic E-state index is 11.9. The van der Waals surface area contributed by atoms with E-state index in [0.717, 1.165) is 0 Å². The highest BCUT2D eigenvalue weighted by atomic mass is 32.2. The van der Waals surface area contributed by atoms with Crippen LogP contribution in [0.4, 0.5) is 0 Å². The number of amides is 1. The molecular formula is C13H13NO4S. The number of ether oxygens (including phenoxy) is 1. The van der Waals surface area contributed by atoms with Crippen molar-refractivity contribution in [3.63, 3.8) is 0 Å². The minimum atomic E-state index is -1.04. The van der Waals surface area contributed by atoms with Gasteiger partial charge < -0.3 is 9.84 Å². The quantitative estimate of drug-likeness (QED) is 0.907. The highest BCUT2D eigenvalue weighted by Crippen LogP contribution is 2.33. The SMILES string of the molecule is COc1ccccc1C1=CSCC(=O)N1CC(=O)O. The molecule has 1 aromatic rings. The van der Waals surface area contributed by atoms with Gasteiger partial charge in [-0.3, -0.25) is 14.5 Å². The van der Waals surface area contributed by atoms with Gasteiger partial charge in [-0.1, -0.05) is 12.1 Å². The molecule has 1 aromatic carbocycles. The van der Waals surface area contributed by atoms with E-state index >= 15 is 0 Å². The van der Waals surface area contributed by atoms with E-state index in [1.54, 1.807) is 24.7 Å². The zero-order valence-corrected chi connectivity index (χ0v) is 11.1. The van der Waals surface area contributed by atoms with Crippen LogP contribution < -0.4 is 4.74 Å². The normalized spacial score (nSPS) is 15.1. The molecule has 100 valence electrons. The number of hydrogen-bond donors (Lipinski definition) is 1. The smallest absolute Gasteiger partial charge is 0.323 e. The van der Waals surface area contributed by atoms with Crippen molar-refractivity contribution in [2.75, 3.05) is 19.4 Å². The molecule has 2 rings (SSSR count). The first kappa shape index (κ1) is 13.5. The minimum absolute atomic E-state index is 0.212. The fourth-order valence-corrected chi connectivity index (χ4v) is 2.64. The largest absolute Gasteiger partial charge is 0.496 e. The van der Waals surface area contributed by atoms with Gasteiger partial charge in [-0.15, -0.1) is 11.8 Å². The average molecular weight is 279 g/mol. The summed E-state index contributed by atoms with van der Waals surface area (Å²) in [7, 11) is 1.54. The van der Waals surface area contributed by atoms with Crippen LogP contribution in [0, 0.1) is 0 Å². The lowest BCUT2D eigenvalue weighted by molar-refractivity contribution is -0.141. The second kappa shape index (κ2) is 5.79. The van der Waals surface area contributed by atoms with E-state index in [1.165, 1.54) is 16.7 Å². The monoisotopic (exact) mass is 279 g/mol. The maximum Gasteiger partial charge on any atom is 0.323 e. The van der Waals surface area contributed by atoms with Gasteiger partial charge in [-0.2, -0.15) is 0 Å². The molecule has 1 aliphatic rings. The van der Waals surface area contributed by atoms with Crippen LogP contribution in [-0.2, 0) is 9.59 Å². The number of carbonyl (C=O) groups is 2. The fraction of sp³-hybridized carbons (Fsp3) is 0.231. The Morgan fingerprint density at radius 2 is 2.21 bits per heavy atom. The summed E-state index contributed by atoms with van der Waals surface area (Å²) in [6.45, 7) is -0.344. The number of thioether (sulfide) groups is 1. The summed E-state index contributed by atoms with van der Waals surface area (Å²) in [5.41, 5.74) is 1.29. The van der Waals surface area contributed by atoms with Gasteiger partial charge >= 0.3 is 5.97 Å². The first-order valence-electron chi connectivity index (χ1n) is 5.61. The van der Waals surface area contributed by atoms with E-state index < -0.39 is 5.97 Å². The van der Waals surface area contributed by atoms with Gasteiger partial charge in [0.15, 0.2) is 0 Å². The van der Waals surface area contributed by atoms with Crippen LogP contribution in [0.15, 0.2) is 29.7 Å². The Balaban J connectivity index is 2.42. The fourth-order valence-electron chi connectivity index (χ4n) is 1.84. The number of carbonyl (C=O) groups excluding carboxylic acids is 1. The van der Waals surface area contributed by atoms with Crippen LogP contribution in [0.3, 0.4) is 0 Å². The summed E-state index contributed by atoms with van der Waals surface area (Å²) in [4.78, 5) is 24.0. The second-order valence-electron chi connectivity index (χ2n) is 3.89. The minimum Gasteiger partial charge on any atom is -0.496 e. The average Bonchev–Trinajstić information content (AvgIpc) is 2.40. The molecule has 0 atom stereocenters. The molecule has 0 saturated heterocycles. The number of carboxylic acids is 1. The van der Waals surface area contributed by atoms with Crippen molar-refractivity contribution in [1.29, 1.82) is 0 Å². The Kier molecular flexibility index (Phi) is 4.11. The highest BCUT2D eigenvalue weighted by Gasteiger charge is 2.26. The number of para-hydroxylation sites is 1. The van der Waals surface area contributed by atoms with E-state index in [0.29, 0.717) is 17.0 Å². The molecule has 1 heterocycles. The lowest BCUT2D eigenvalue weighted by atomic mass is 10.1. The van der Waals surface area contributed by atoms with Crippen LogP contribution in [0.25, 0.3) is 5.70 Å². The predicted molar refractivity (Wildman–Crippen MR) is 72.8 cm³/mol. The van der Waals surface area contributed by atoms with E-state index in [4.69, 9.17) is 9.84 Å². The molecule has 0 bridgehead atoms. The maximum absolute atomic E-state index is 11.9. The van der Waals surface area contributed by atoms with Gasteiger partial charge in [0.05, 0.1) is 18.6 Å². The number of methoxy groups -OCH3 is 1. The van der Waals surface area contributed by atoms with E-state index in [2.05, 4.69) is 0 Å². The first-order valence-corrected chi connectivity index (χ1v) is 6.65. The molecule has 5 nitrogen and oxygen atoms in total. The van der Waals surface area contributed by atoms with E-state index in [1.807, 2.05) is 12.1 Å². The molecular weight excluding hydrogens is 266 g/mol. The Bertz CT molecular complexity index is 541. The van der Waals surface area contributed by atoms with Crippen molar-refractivity contribution in [3.8, 4) is 5.75 Å². The number of nitrogens with zero attached hydrogens (tertiary/aromatic N) is 1. The van der Waals surface area contributed by atoms with Crippen molar-refractivity contribution < 1.29 is 19.4 Å². The van der Waals surface area contributed by atoms with Crippen LogP contribution in [0.2, 0.25) is 0 Å². The summed E-state index contributed by atoms with van der Waals surface area (Å²) in [6.07, 6.45) is 0. The number of carboxylic acid groups (broad SMARTS) is 1. The van der Waals surface area contributed by atoms with Gasteiger partial charge in [0, 0.05) is 5.56 Å². The summed E-state index contributed by atoms with van der Waals surface area (Å²) < 4.78 is 5.25. The van der Waals surface area contributed by atoms with E-state index in [-0.39, 0.29) is 18.2 Å². The highest BCUT2D eigenvalue weighted by molar-refractivity contribution is 8.03. The Labute approximate surface area is 114 Å². The second-order valence-corrected chi connectivity index (χ2v) is 4.75. The number of hydrogen-bond acceptors (Lipinski definition) is 4. The standard InChI is InChI=1S/C13H13NO4S/c1-18-11-5-3-2-4-9(11)10-7-19-8-12(15)14(10)6-13(16)17/h2-5,7H,6,8H2,1H3,(H,16,17). The molecule has 0 saturated carbocycles. The third kappa shape index (κ3) is 2.90. The van der Waals surface area contributed by atoms with Gasteiger partial charge in [0.25, 0.3) is 0 Å². The zero-order valence-electron chi connectivity index (χ0n) is 10.3. The lowest BCUT2D eigenvalue weighted by Crippen LogP contribution is -2.37. The molecule has 0 spiro atoms. The Hall–Kier alpha value is -1.95. The number of benzene rings is 1. The molecule has 0 fully saturated rings.